The van der Waals surface area contributed by atoms with Gasteiger partial charge in [-0.25, -0.2) is 4.79 Å². The van der Waals surface area contributed by atoms with Gasteiger partial charge in [0.05, 0.1) is 12.5 Å². The lowest BCUT2D eigenvalue weighted by molar-refractivity contribution is -0.171. The number of aryl methyl sites for hydroxylation is 2. The highest BCUT2D eigenvalue weighted by Crippen LogP contribution is 2.28. The maximum Gasteiger partial charge on any atom is 0.339 e. The van der Waals surface area contributed by atoms with E-state index in [0.717, 1.165) is 11.1 Å². The minimum Gasteiger partial charge on any atom is -0.464 e. The standard InChI is InChI=1S/C18H24O5/c1-6-23-17(21)18(22,10-13(4)19)14(5)16(20)15-9-11(2)7-8-12(15)3/h7-9,14,22H,6,10H2,1-5H3/t14-,18-/m1/s1. The van der Waals surface area contributed by atoms with Crippen LogP contribution in [0.5, 0.6) is 0 Å². The van der Waals surface area contributed by atoms with Gasteiger partial charge in [0.1, 0.15) is 5.78 Å². The summed E-state index contributed by atoms with van der Waals surface area (Å²) < 4.78 is 4.88. The van der Waals surface area contributed by atoms with Gasteiger partial charge in [-0.2, -0.15) is 0 Å². The molecule has 0 aromatic heterocycles. The SMILES string of the molecule is CCOC(=O)[C@@](O)(CC(C)=O)[C@H](C)C(=O)c1cc(C)ccc1C. The van der Waals surface area contributed by atoms with Crippen molar-refractivity contribution >= 4 is 17.5 Å². The number of carbonyl (C=O) groups excluding carboxylic acids is 3. The molecular formula is C18H24O5. The van der Waals surface area contributed by atoms with Gasteiger partial charge < -0.3 is 9.84 Å². The Labute approximate surface area is 136 Å². The molecule has 5 heteroatoms. The highest BCUT2D eigenvalue weighted by atomic mass is 16.5. The molecule has 1 aromatic rings. The first-order valence-electron chi connectivity index (χ1n) is 7.64. The van der Waals surface area contributed by atoms with Crippen LogP contribution in [0.4, 0.5) is 0 Å². The van der Waals surface area contributed by atoms with E-state index < -0.39 is 23.9 Å². The second-order valence-corrected chi connectivity index (χ2v) is 5.93. The van der Waals surface area contributed by atoms with E-state index in [1.807, 2.05) is 19.1 Å². The van der Waals surface area contributed by atoms with Crippen LogP contribution in [0.25, 0.3) is 0 Å². The number of carbonyl (C=O) groups is 3. The smallest absolute Gasteiger partial charge is 0.339 e. The highest BCUT2D eigenvalue weighted by molar-refractivity contribution is 6.03. The molecule has 126 valence electrons. The molecular weight excluding hydrogens is 296 g/mol. The minimum absolute atomic E-state index is 0.0590. The molecule has 0 radical (unpaired) electrons. The molecule has 1 rings (SSSR count). The zero-order valence-electron chi connectivity index (χ0n) is 14.3. The second kappa shape index (κ2) is 7.51. The van der Waals surface area contributed by atoms with Gasteiger partial charge in [-0.05, 0) is 39.3 Å². The van der Waals surface area contributed by atoms with Crippen molar-refractivity contribution in [1.29, 1.82) is 0 Å². The average molecular weight is 320 g/mol. The molecule has 0 spiro atoms. The van der Waals surface area contributed by atoms with Crippen LogP contribution in [0.15, 0.2) is 18.2 Å². The lowest BCUT2D eigenvalue weighted by Crippen LogP contribution is -2.50. The largest absolute Gasteiger partial charge is 0.464 e. The van der Waals surface area contributed by atoms with Crippen molar-refractivity contribution < 1.29 is 24.2 Å². The summed E-state index contributed by atoms with van der Waals surface area (Å²) in [6.45, 7) is 8.01. The number of aliphatic hydroxyl groups is 1. The van der Waals surface area contributed by atoms with Crippen molar-refractivity contribution in [2.24, 2.45) is 5.92 Å². The van der Waals surface area contributed by atoms with Crippen LogP contribution in [-0.4, -0.2) is 34.9 Å². The van der Waals surface area contributed by atoms with E-state index in [2.05, 4.69) is 0 Å². The molecule has 0 fully saturated rings. The number of ether oxygens (including phenoxy) is 1. The Kier molecular flexibility index (Phi) is 6.21. The predicted molar refractivity (Wildman–Crippen MR) is 86.3 cm³/mol. The topological polar surface area (TPSA) is 80.7 Å². The Hall–Kier alpha value is -2.01. The number of hydrogen-bond acceptors (Lipinski definition) is 5. The first kappa shape index (κ1) is 19.0. The van der Waals surface area contributed by atoms with Crippen LogP contribution in [0.1, 0.15) is 48.7 Å². The van der Waals surface area contributed by atoms with Gasteiger partial charge in [-0.15, -0.1) is 0 Å². The molecule has 0 saturated heterocycles. The predicted octanol–water partition coefficient (Wildman–Crippen LogP) is 2.40. The van der Waals surface area contributed by atoms with Crippen molar-refractivity contribution in [2.45, 2.75) is 46.6 Å². The highest BCUT2D eigenvalue weighted by Gasteiger charge is 2.47. The summed E-state index contributed by atoms with van der Waals surface area (Å²) in [6.07, 6.45) is -0.455. The fraction of sp³-hybridized carbons (Fsp3) is 0.500. The molecule has 5 nitrogen and oxygen atoms in total. The van der Waals surface area contributed by atoms with E-state index >= 15 is 0 Å². The summed E-state index contributed by atoms with van der Waals surface area (Å²) in [4.78, 5) is 36.4. The van der Waals surface area contributed by atoms with Crippen LogP contribution < -0.4 is 0 Å². The molecule has 0 unspecified atom stereocenters. The maximum atomic E-state index is 12.8. The molecule has 0 aliphatic carbocycles. The van der Waals surface area contributed by atoms with Crippen molar-refractivity contribution in [2.75, 3.05) is 6.61 Å². The van der Waals surface area contributed by atoms with Crippen molar-refractivity contribution in [1.82, 2.24) is 0 Å². The third kappa shape index (κ3) is 4.26. The molecule has 1 aromatic carbocycles. The number of rotatable bonds is 7. The van der Waals surface area contributed by atoms with Gasteiger partial charge >= 0.3 is 5.97 Å². The zero-order valence-corrected chi connectivity index (χ0v) is 14.3. The number of benzene rings is 1. The molecule has 0 heterocycles. The maximum absolute atomic E-state index is 12.8. The summed E-state index contributed by atoms with van der Waals surface area (Å²) in [5.74, 6) is -2.81. The van der Waals surface area contributed by atoms with Gasteiger partial charge in [0.25, 0.3) is 0 Å². The quantitative estimate of drug-likeness (QED) is 0.616. The number of ketones is 2. The van der Waals surface area contributed by atoms with Crippen LogP contribution >= 0.6 is 0 Å². The minimum atomic E-state index is -2.16. The lowest BCUT2D eigenvalue weighted by atomic mass is 9.79. The molecule has 1 N–H and O–H groups in total. The Morgan fingerprint density at radius 2 is 1.87 bits per heavy atom. The third-order valence-corrected chi connectivity index (χ3v) is 3.92. The van der Waals surface area contributed by atoms with Gasteiger partial charge in [-0.1, -0.05) is 24.6 Å². The Balaban J connectivity index is 3.25. The summed E-state index contributed by atoms with van der Waals surface area (Å²) in [6, 6.07) is 5.40. The molecule has 0 aliphatic heterocycles. The van der Waals surface area contributed by atoms with E-state index in [1.54, 1.807) is 19.9 Å². The first-order chi connectivity index (χ1) is 10.6. The number of Topliss-reactive ketones (excluding diaryl/α,β-unsaturated/α-hetero) is 2. The monoisotopic (exact) mass is 320 g/mol. The Morgan fingerprint density at radius 3 is 2.39 bits per heavy atom. The van der Waals surface area contributed by atoms with E-state index in [-0.39, 0.29) is 18.2 Å². The molecule has 2 atom stereocenters. The third-order valence-electron chi connectivity index (χ3n) is 3.92. The van der Waals surface area contributed by atoms with Gasteiger partial charge in [0, 0.05) is 12.0 Å². The molecule has 0 saturated carbocycles. The van der Waals surface area contributed by atoms with Crippen LogP contribution in [0.3, 0.4) is 0 Å². The number of esters is 1. The van der Waals surface area contributed by atoms with Gasteiger partial charge in [0.15, 0.2) is 11.4 Å². The van der Waals surface area contributed by atoms with E-state index in [4.69, 9.17) is 4.74 Å². The van der Waals surface area contributed by atoms with E-state index in [1.165, 1.54) is 13.8 Å². The van der Waals surface area contributed by atoms with Gasteiger partial charge in [-0.3, -0.25) is 9.59 Å². The van der Waals surface area contributed by atoms with E-state index in [0.29, 0.717) is 5.56 Å². The zero-order chi connectivity index (χ0) is 17.8. The van der Waals surface area contributed by atoms with Crippen LogP contribution in [0.2, 0.25) is 0 Å². The van der Waals surface area contributed by atoms with Crippen LogP contribution in [-0.2, 0) is 14.3 Å². The van der Waals surface area contributed by atoms with Crippen molar-refractivity contribution in [3.8, 4) is 0 Å². The van der Waals surface area contributed by atoms with Crippen LogP contribution in [0, 0.1) is 19.8 Å². The summed E-state index contributed by atoms with van der Waals surface area (Å²) in [5.41, 5.74) is -0.0718. The van der Waals surface area contributed by atoms with Crippen molar-refractivity contribution in [3.05, 3.63) is 34.9 Å². The summed E-state index contributed by atoms with van der Waals surface area (Å²) in [7, 11) is 0. The fourth-order valence-electron chi connectivity index (χ4n) is 2.49. The molecule has 0 bridgehead atoms. The van der Waals surface area contributed by atoms with Gasteiger partial charge in [0.2, 0.25) is 0 Å². The van der Waals surface area contributed by atoms with E-state index in [9.17, 15) is 19.5 Å². The summed E-state index contributed by atoms with van der Waals surface area (Å²) >= 11 is 0. The molecule has 0 amide bonds. The fourth-order valence-corrected chi connectivity index (χ4v) is 2.49. The average Bonchev–Trinajstić information content (AvgIpc) is 2.47. The van der Waals surface area contributed by atoms with Crippen molar-refractivity contribution in [3.63, 3.8) is 0 Å². The molecule has 23 heavy (non-hydrogen) atoms. The first-order valence-corrected chi connectivity index (χ1v) is 7.64. The summed E-state index contributed by atoms with van der Waals surface area (Å²) in [5, 5.41) is 10.7. The molecule has 0 aliphatic rings. The normalized spacial score (nSPS) is 14.7. The second-order valence-electron chi connectivity index (χ2n) is 5.93. The lowest BCUT2D eigenvalue weighted by Gasteiger charge is -2.30. The Morgan fingerprint density at radius 1 is 1.26 bits per heavy atom. The Bertz CT molecular complexity index is 620. The number of hydrogen-bond donors (Lipinski definition) is 1.